The van der Waals surface area contributed by atoms with Crippen molar-refractivity contribution in [1.82, 2.24) is 4.90 Å². The van der Waals surface area contributed by atoms with Crippen LogP contribution >= 0.6 is 12.4 Å². The van der Waals surface area contributed by atoms with Crippen LogP contribution in [0.3, 0.4) is 0 Å². The zero-order valence-corrected chi connectivity index (χ0v) is 14.1. The number of hydrogen-bond donors (Lipinski definition) is 0. The first kappa shape index (κ1) is 19.6. The molecule has 0 unspecified atom stereocenters. The maximum Gasteiger partial charge on any atom is 0.305 e. The number of ketones is 1. The molecule has 1 fully saturated rings. The average Bonchev–Trinajstić information content (AvgIpc) is 2.54. The molecule has 1 aromatic rings. The number of hydrogen-bond acceptors (Lipinski definition) is 4. The molecule has 4 nitrogen and oxygen atoms in total. The van der Waals surface area contributed by atoms with Crippen molar-refractivity contribution in [2.45, 2.75) is 26.2 Å². The SMILES string of the molecule is CCC(=O)OCC1CCN(CC(=O)c2ccc(F)cc2)CC1.Cl. The number of nitrogens with zero attached hydrogens (tertiary/aromatic N) is 1. The third-order valence-electron chi connectivity index (χ3n) is 4.01. The second kappa shape index (κ2) is 9.63. The molecule has 1 aliphatic heterocycles. The van der Waals surface area contributed by atoms with Crippen molar-refractivity contribution in [2.24, 2.45) is 5.92 Å². The Morgan fingerprint density at radius 3 is 2.39 bits per heavy atom. The summed E-state index contributed by atoms with van der Waals surface area (Å²) in [4.78, 5) is 25.4. The first-order valence-electron chi connectivity index (χ1n) is 7.75. The highest BCUT2D eigenvalue weighted by molar-refractivity contribution is 5.97. The molecular weight excluding hydrogens is 321 g/mol. The Morgan fingerprint density at radius 1 is 1.22 bits per heavy atom. The molecule has 1 heterocycles. The highest BCUT2D eigenvalue weighted by Crippen LogP contribution is 2.18. The summed E-state index contributed by atoms with van der Waals surface area (Å²) < 4.78 is 18.0. The predicted octanol–water partition coefficient (Wildman–Crippen LogP) is 3.10. The van der Waals surface area contributed by atoms with Gasteiger partial charge < -0.3 is 4.74 Å². The third-order valence-corrected chi connectivity index (χ3v) is 4.01. The van der Waals surface area contributed by atoms with E-state index in [4.69, 9.17) is 4.74 Å². The van der Waals surface area contributed by atoms with E-state index in [2.05, 4.69) is 4.90 Å². The fourth-order valence-electron chi connectivity index (χ4n) is 2.55. The van der Waals surface area contributed by atoms with Crippen molar-refractivity contribution in [3.63, 3.8) is 0 Å². The molecule has 0 spiro atoms. The maximum atomic E-state index is 12.8. The van der Waals surface area contributed by atoms with E-state index in [-0.39, 0.29) is 30.0 Å². The van der Waals surface area contributed by atoms with Crippen molar-refractivity contribution >= 4 is 24.2 Å². The van der Waals surface area contributed by atoms with Crippen molar-refractivity contribution in [3.05, 3.63) is 35.6 Å². The average molecular weight is 344 g/mol. The summed E-state index contributed by atoms with van der Waals surface area (Å²) in [6.07, 6.45) is 2.26. The molecule has 6 heteroatoms. The van der Waals surface area contributed by atoms with E-state index in [0.29, 0.717) is 31.1 Å². The van der Waals surface area contributed by atoms with Crippen LogP contribution in [0.25, 0.3) is 0 Å². The van der Waals surface area contributed by atoms with E-state index >= 15 is 0 Å². The molecule has 0 aromatic heterocycles. The summed E-state index contributed by atoms with van der Waals surface area (Å²) in [6.45, 7) is 4.26. The molecule has 1 aromatic carbocycles. The first-order valence-corrected chi connectivity index (χ1v) is 7.75. The molecule has 0 saturated carbocycles. The molecular formula is C17H23ClFNO3. The lowest BCUT2D eigenvalue weighted by atomic mass is 9.97. The Hall–Kier alpha value is -1.46. The van der Waals surface area contributed by atoms with Gasteiger partial charge >= 0.3 is 5.97 Å². The molecule has 0 aliphatic carbocycles. The van der Waals surface area contributed by atoms with Gasteiger partial charge in [0.1, 0.15) is 5.82 Å². The van der Waals surface area contributed by atoms with Gasteiger partial charge in [0.15, 0.2) is 5.78 Å². The largest absolute Gasteiger partial charge is 0.465 e. The molecule has 0 amide bonds. The number of ether oxygens (including phenoxy) is 1. The van der Waals surface area contributed by atoms with Crippen LogP contribution in [0.2, 0.25) is 0 Å². The van der Waals surface area contributed by atoms with Crippen molar-refractivity contribution in [1.29, 1.82) is 0 Å². The van der Waals surface area contributed by atoms with E-state index in [0.717, 1.165) is 25.9 Å². The Labute approximate surface area is 142 Å². The molecule has 0 bridgehead atoms. The molecule has 0 atom stereocenters. The van der Waals surface area contributed by atoms with Gasteiger partial charge in [-0.15, -0.1) is 12.4 Å². The van der Waals surface area contributed by atoms with E-state index in [9.17, 15) is 14.0 Å². The lowest BCUT2D eigenvalue weighted by molar-refractivity contribution is -0.145. The predicted molar refractivity (Wildman–Crippen MR) is 88.4 cm³/mol. The number of halogens is 2. The number of carbonyl (C=O) groups excluding carboxylic acids is 2. The van der Waals surface area contributed by atoms with Crippen molar-refractivity contribution < 1.29 is 18.7 Å². The molecule has 0 radical (unpaired) electrons. The second-order valence-corrected chi connectivity index (χ2v) is 5.69. The van der Waals surface area contributed by atoms with Crippen LogP contribution in [0, 0.1) is 11.7 Å². The van der Waals surface area contributed by atoms with Gasteiger partial charge in [0.2, 0.25) is 0 Å². The van der Waals surface area contributed by atoms with E-state index < -0.39 is 0 Å². The van der Waals surface area contributed by atoms with Gasteiger partial charge in [-0.2, -0.15) is 0 Å². The highest BCUT2D eigenvalue weighted by Gasteiger charge is 2.22. The Balaban J connectivity index is 0.00000264. The number of benzene rings is 1. The van der Waals surface area contributed by atoms with Crippen LogP contribution in [0.5, 0.6) is 0 Å². The van der Waals surface area contributed by atoms with E-state index in [1.165, 1.54) is 24.3 Å². The van der Waals surface area contributed by atoms with Crippen LogP contribution in [-0.2, 0) is 9.53 Å². The second-order valence-electron chi connectivity index (χ2n) is 5.69. The number of Topliss-reactive ketones (excluding diaryl/α,β-unsaturated/α-hetero) is 1. The molecule has 23 heavy (non-hydrogen) atoms. The molecule has 128 valence electrons. The minimum Gasteiger partial charge on any atom is -0.465 e. The van der Waals surface area contributed by atoms with Crippen molar-refractivity contribution in [3.8, 4) is 0 Å². The van der Waals surface area contributed by atoms with Crippen LogP contribution in [0.1, 0.15) is 36.5 Å². The molecule has 0 N–H and O–H groups in total. The normalized spacial score (nSPS) is 15.7. The zero-order valence-electron chi connectivity index (χ0n) is 13.3. The summed E-state index contributed by atoms with van der Waals surface area (Å²) in [5.74, 6) is -0.101. The van der Waals surface area contributed by atoms with Gasteiger partial charge in [-0.3, -0.25) is 14.5 Å². The van der Waals surface area contributed by atoms with Crippen LogP contribution in [0.4, 0.5) is 4.39 Å². The summed E-state index contributed by atoms with van der Waals surface area (Å²) in [5.41, 5.74) is 0.542. The van der Waals surface area contributed by atoms with Crippen LogP contribution < -0.4 is 0 Å². The fourth-order valence-corrected chi connectivity index (χ4v) is 2.55. The monoisotopic (exact) mass is 343 g/mol. The van der Waals surface area contributed by atoms with E-state index in [1.807, 2.05) is 0 Å². The lowest BCUT2D eigenvalue weighted by Crippen LogP contribution is -2.38. The van der Waals surface area contributed by atoms with Gasteiger partial charge in [-0.1, -0.05) is 6.92 Å². The van der Waals surface area contributed by atoms with Crippen molar-refractivity contribution in [2.75, 3.05) is 26.2 Å². The summed E-state index contributed by atoms with van der Waals surface area (Å²) in [5, 5.41) is 0. The van der Waals surface area contributed by atoms with Gasteiger partial charge in [0, 0.05) is 12.0 Å². The zero-order chi connectivity index (χ0) is 15.9. The van der Waals surface area contributed by atoms with E-state index in [1.54, 1.807) is 6.92 Å². The van der Waals surface area contributed by atoms with Crippen LogP contribution in [0.15, 0.2) is 24.3 Å². The summed E-state index contributed by atoms with van der Waals surface area (Å²) in [7, 11) is 0. The lowest BCUT2D eigenvalue weighted by Gasteiger charge is -2.31. The number of likely N-dealkylation sites (tertiary alicyclic amines) is 1. The number of carbonyl (C=O) groups is 2. The maximum absolute atomic E-state index is 12.8. The minimum absolute atomic E-state index is 0. The van der Waals surface area contributed by atoms with Gasteiger partial charge in [-0.25, -0.2) is 4.39 Å². The van der Waals surface area contributed by atoms with Crippen LogP contribution in [-0.4, -0.2) is 42.9 Å². The number of rotatable bonds is 6. The van der Waals surface area contributed by atoms with Gasteiger partial charge in [-0.05, 0) is 56.1 Å². The van der Waals surface area contributed by atoms with Gasteiger partial charge in [0.25, 0.3) is 0 Å². The standard InChI is InChI=1S/C17H22FNO3.ClH/c1-2-17(21)22-12-13-7-9-19(10-8-13)11-16(20)14-3-5-15(18)6-4-14;/h3-6,13H,2,7-12H2,1H3;1H. The molecule has 1 aliphatic rings. The number of esters is 1. The minimum atomic E-state index is -0.334. The Morgan fingerprint density at radius 2 is 1.83 bits per heavy atom. The molecule has 2 rings (SSSR count). The summed E-state index contributed by atoms with van der Waals surface area (Å²) in [6, 6.07) is 5.66. The molecule has 1 saturated heterocycles. The fraction of sp³-hybridized carbons (Fsp3) is 0.529. The first-order chi connectivity index (χ1) is 10.6. The summed E-state index contributed by atoms with van der Waals surface area (Å²) >= 11 is 0. The highest BCUT2D eigenvalue weighted by atomic mass is 35.5. The topological polar surface area (TPSA) is 46.6 Å². The number of piperidine rings is 1. The van der Waals surface area contributed by atoms with Gasteiger partial charge in [0.05, 0.1) is 13.2 Å². The Bertz CT molecular complexity index is 513. The smallest absolute Gasteiger partial charge is 0.305 e. The quantitative estimate of drug-likeness (QED) is 0.588. The third kappa shape index (κ3) is 6.28. The Kier molecular flexibility index (Phi) is 8.20.